The number of carbonyl (C=O) groups excluding carboxylic acids is 4. The number of carbonyl (C=O) groups is 5. The van der Waals surface area contributed by atoms with Crippen molar-refractivity contribution >= 4 is 58.3 Å². The highest BCUT2D eigenvalue weighted by Crippen LogP contribution is 2.24. The van der Waals surface area contributed by atoms with E-state index in [-0.39, 0.29) is 34.3 Å². The summed E-state index contributed by atoms with van der Waals surface area (Å²) < 4.78 is 1.27. The smallest absolute Gasteiger partial charge is 0.335 e. The number of carboxylic acid groups (broad SMARTS) is 1. The van der Waals surface area contributed by atoms with Crippen LogP contribution in [0.2, 0.25) is 5.02 Å². The van der Waals surface area contributed by atoms with E-state index in [1.165, 1.54) is 41.3 Å². The van der Waals surface area contributed by atoms with Crippen molar-refractivity contribution in [3.05, 3.63) is 125 Å². The summed E-state index contributed by atoms with van der Waals surface area (Å²) in [5.41, 5.74) is 2.34. The first-order valence-corrected chi connectivity index (χ1v) is 14.3. The maximum Gasteiger partial charge on any atom is 0.335 e. The number of aromatic carboxylic acids is 1. The Morgan fingerprint density at radius 2 is 1.45 bits per heavy atom. The molecule has 1 atom stereocenters. The van der Waals surface area contributed by atoms with E-state index in [9.17, 15) is 24.0 Å². The van der Waals surface area contributed by atoms with Crippen LogP contribution >= 0.6 is 11.6 Å². The molecule has 4 amide bonds. The van der Waals surface area contributed by atoms with Crippen LogP contribution in [0.15, 0.2) is 103 Å². The van der Waals surface area contributed by atoms with Crippen molar-refractivity contribution in [2.45, 2.75) is 12.5 Å². The number of nitrogens with zero attached hydrogens (tertiary/aromatic N) is 4. The Hall–Kier alpha value is -6.41. The van der Waals surface area contributed by atoms with Gasteiger partial charge in [-0.2, -0.15) is 4.68 Å². The molecule has 14 nitrogen and oxygen atoms in total. The molecule has 0 spiro atoms. The van der Waals surface area contributed by atoms with E-state index < -0.39 is 29.7 Å². The Morgan fingerprint density at radius 1 is 0.766 bits per heavy atom. The molecule has 4 aromatic carbocycles. The second-order valence-electron chi connectivity index (χ2n) is 9.99. The van der Waals surface area contributed by atoms with Crippen LogP contribution in [0, 0.1) is 0 Å². The van der Waals surface area contributed by atoms with Gasteiger partial charge in [-0.3, -0.25) is 19.2 Å². The van der Waals surface area contributed by atoms with Crippen molar-refractivity contribution in [3.8, 4) is 5.69 Å². The first kappa shape index (κ1) is 32.0. The lowest BCUT2D eigenvalue weighted by atomic mass is 10.0. The highest BCUT2D eigenvalue weighted by Gasteiger charge is 2.26. The molecule has 0 aliphatic rings. The number of aromatic nitrogens is 4. The van der Waals surface area contributed by atoms with E-state index in [1.54, 1.807) is 66.7 Å². The average Bonchev–Trinajstić information content (AvgIpc) is 3.61. The molecule has 5 aromatic rings. The van der Waals surface area contributed by atoms with Gasteiger partial charge in [-0.05, 0) is 82.7 Å². The van der Waals surface area contributed by atoms with Crippen LogP contribution in [0.25, 0.3) is 5.69 Å². The number of halogens is 1. The van der Waals surface area contributed by atoms with Gasteiger partial charge in [0.25, 0.3) is 5.91 Å². The molecule has 1 unspecified atom stereocenters. The molecule has 0 aliphatic carbocycles. The summed E-state index contributed by atoms with van der Waals surface area (Å²) in [5.74, 6) is -4.33. The SMILES string of the molecule is O=C(Nc1cc(Cl)ccc1-n1cnnn1)C(=O)NC(Cc1ccc(NC(=O)c2ccccc2)cc1)C(=O)Nc1ccc(C(=O)O)cc1. The molecule has 0 aliphatic heterocycles. The Morgan fingerprint density at radius 3 is 2.11 bits per heavy atom. The minimum Gasteiger partial charge on any atom is -0.478 e. The number of hydrogen-bond donors (Lipinski definition) is 5. The molecule has 0 fully saturated rings. The molecular formula is C32H25ClN8O6. The standard InChI is InChI=1S/C32H25ClN8O6/c33-22-10-15-27(41-18-34-39-40-41)25(17-22)37-30(44)31(45)38-26(29(43)36-24-13-8-21(9-14-24)32(46)47)16-19-6-11-23(12-7-19)35-28(42)20-4-2-1-3-5-20/h1-15,17-18,26H,16H2,(H,35,42)(H,36,43)(H,37,44)(H,38,45)(H,46,47). The predicted octanol–water partition coefficient (Wildman–Crippen LogP) is 3.57. The van der Waals surface area contributed by atoms with Gasteiger partial charge in [0.1, 0.15) is 12.4 Å². The molecule has 5 rings (SSSR count). The summed E-state index contributed by atoms with van der Waals surface area (Å²) in [6.07, 6.45) is 1.25. The quantitative estimate of drug-likeness (QED) is 0.140. The Bertz CT molecular complexity index is 1920. The molecule has 236 valence electrons. The average molecular weight is 653 g/mol. The predicted molar refractivity (Wildman–Crippen MR) is 171 cm³/mol. The van der Waals surface area contributed by atoms with E-state index in [0.29, 0.717) is 22.5 Å². The number of anilines is 3. The highest BCUT2D eigenvalue weighted by molar-refractivity contribution is 6.40. The zero-order chi connectivity index (χ0) is 33.3. The third-order valence-electron chi connectivity index (χ3n) is 6.72. The Labute approximate surface area is 271 Å². The summed E-state index contributed by atoms with van der Waals surface area (Å²) in [4.78, 5) is 63.3. The highest BCUT2D eigenvalue weighted by atomic mass is 35.5. The molecule has 1 aromatic heterocycles. The summed E-state index contributed by atoms with van der Waals surface area (Å²) in [6.45, 7) is 0. The zero-order valence-electron chi connectivity index (χ0n) is 24.3. The van der Waals surface area contributed by atoms with Crippen LogP contribution in [-0.4, -0.2) is 61.0 Å². The number of benzene rings is 4. The molecule has 15 heteroatoms. The van der Waals surface area contributed by atoms with Gasteiger partial charge in [-0.25, -0.2) is 4.79 Å². The van der Waals surface area contributed by atoms with E-state index in [2.05, 4.69) is 36.8 Å². The van der Waals surface area contributed by atoms with Crippen molar-refractivity contribution in [1.82, 2.24) is 25.5 Å². The Balaban J connectivity index is 1.32. The lowest BCUT2D eigenvalue weighted by Crippen LogP contribution is -2.49. The van der Waals surface area contributed by atoms with Crippen LogP contribution in [0.1, 0.15) is 26.3 Å². The fourth-order valence-corrected chi connectivity index (χ4v) is 4.54. The number of amides is 4. The first-order chi connectivity index (χ1) is 22.7. The van der Waals surface area contributed by atoms with E-state index in [4.69, 9.17) is 16.7 Å². The van der Waals surface area contributed by atoms with Crippen molar-refractivity contribution in [2.24, 2.45) is 0 Å². The van der Waals surface area contributed by atoms with Gasteiger partial charge in [0.2, 0.25) is 5.91 Å². The normalized spacial score (nSPS) is 11.2. The number of carboxylic acids is 1. The van der Waals surface area contributed by atoms with E-state index in [0.717, 1.165) is 0 Å². The van der Waals surface area contributed by atoms with Crippen LogP contribution in [-0.2, 0) is 20.8 Å². The summed E-state index contributed by atoms with van der Waals surface area (Å²) >= 11 is 6.11. The summed E-state index contributed by atoms with van der Waals surface area (Å²) in [5, 5.41) is 30.7. The van der Waals surface area contributed by atoms with Crippen molar-refractivity contribution in [2.75, 3.05) is 16.0 Å². The van der Waals surface area contributed by atoms with E-state index in [1.807, 2.05) is 0 Å². The third-order valence-corrected chi connectivity index (χ3v) is 6.95. The second kappa shape index (κ2) is 14.6. The Kier molecular flexibility index (Phi) is 9.93. The van der Waals surface area contributed by atoms with Crippen molar-refractivity contribution < 1.29 is 29.1 Å². The van der Waals surface area contributed by atoms with Gasteiger partial charge in [0.05, 0.1) is 16.9 Å². The minimum absolute atomic E-state index is 0.0195. The van der Waals surface area contributed by atoms with Gasteiger partial charge in [-0.15, -0.1) is 5.10 Å². The molecule has 0 bridgehead atoms. The first-order valence-electron chi connectivity index (χ1n) is 13.9. The molecule has 0 saturated carbocycles. The van der Waals surface area contributed by atoms with Crippen LogP contribution in [0.4, 0.5) is 17.1 Å². The van der Waals surface area contributed by atoms with Gasteiger partial charge in [0.15, 0.2) is 0 Å². The molecular weight excluding hydrogens is 628 g/mol. The summed E-state index contributed by atoms with van der Waals surface area (Å²) in [7, 11) is 0. The molecule has 0 radical (unpaired) electrons. The fraction of sp³-hybridized carbons (Fsp3) is 0.0625. The van der Waals surface area contributed by atoms with E-state index >= 15 is 0 Å². The molecule has 47 heavy (non-hydrogen) atoms. The second-order valence-corrected chi connectivity index (χ2v) is 10.4. The van der Waals surface area contributed by atoms with Crippen LogP contribution in [0.5, 0.6) is 0 Å². The number of rotatable bonds is 10. The summed E-state index contributed by atoms with van der Waals surface area (Å²) in [6, 6.07) is 24.0. The lowest BCUT2D eigenvalue weighted by Gasteiger charge is -2.19. The van der Waals surface area contributed by atoms with Crippen molar-refractivity contribution in [1.29, 1.82) is 0 Å². The third kappa shape index (κ3) is 8.40. The number of tetrazole rings is 1. The maximum atomic E-state index is 13.4. The number of hydrogen-bond acceptors (Lipinski definition) is 8. The molecule has 1 heterocycles. The van der Waals surface area contributed by atoms with Gasteiger partial charge in [0, 0.05) is 28.4 Å². The zero-order valence-corrected chi connectivity index (χ0v) is 25.0. The van der Waals surface area contributed by atoms with Crippen molar-refractivity contribution in [3.63, 3.8) is 0 Å². The lowest BCUT2D eigenvalue weighted by molar-refractivity contribution is -0.137. The monoisotopic (exact) mass is 652 g/mol. The largest absolute Gasteiger partial charge is 0.478 e. The van der Waals surface area contributed by atoms with Gasteiger partial charge in [-0.1, -0.05) is 41.9 Å². The molecule has 0 saturated heterocycles. The minimum atomic E-state index is -1.25. The topological polar surface area (TPSA) is 197 Å². The number of nitrogens with one attached hydrogen (secondary N) is 4. The fourth-order valence-electron chi connectivity index (χ4n) is 4.37. The van der Waals surface area contributed by atoms with Gasteiger partial charge < -0.3 is 26.4 Å². The molecule has 5 N–H and O–H groups in total. The van der Waals surface area contributed by atoms with Crippen LogP contribution < -0.4 is 21.3 Å². The van der Waals surface area contributed by atoms with Gasteiger partial charge >= 0.3 is 17.8 Å². The maximum absolute atomic E-state index is 13.4. The van der Waals surface area contributed by atoms with Crippen LogP contribution in [0.3, 0.4) is 0 Å².